The Balaban J connectivity index is 1.54. The van der Waals surface area contributed by atoms with Gasteiger partial charge in [0.15, 0.2) is 4.34 Å². The third-order valence-electron chi connectivity index (χ3n) is 4.08. The highest BCUT2D eigenvalue weighted by Gasteiger charge is 2.19. The number of benzene rings is 2. The molecule has 0 aliphatic carbocycles. The minimum absolute atomic E-state index is 0.106. The molecule has 1 amide bonds. The summed E-state index contributed by atoms with van der Waals surface area (Å²) in [5.74, 6) is -0.400. The number of carbonyl (C=O) groups excluding carboxylic acids is 1. The van der Waals surface area contributed by atoms with Gasteiger partial charge in [-0.3, -0.25) is 4.79 Å². The molecule has 8 heteroatoms. The van der Waals surface area contributed by atoms with E-state index in [0.29, 0.717) is 9.47 Å². The number of rotatable bonds is 7. The quantitative estimate of drug-likeness (QED) is 0.525. The first-order valence-corrected chi connectivity index (χ1v) is 10.5. The van der Waals surface area contributed by atoms with Crippen LogP contribution in [-0.2, 0) is 4.79 Å². The lowest BCUT2D eigenvalue weighted by molar-refractivity contribution is -0.120. The maximum Gasteiger partial charge on any atom is 0.233 e. The van der Waals surface area contributed by atoms with E-state index in [1.807, 2.05) is 45.0 Å². The molecule has 0 bridgehead atoms. The van der Waals surface area contributed by atoms with Crippen molar-refractivity contribution >= 4 is 39.8 Å². The smallest absolute Gasteiger partial charge is 0.233 e. The Hall–Kier alpha value is -2.45. The lowest BCUT2D eigenvalue weighted by Gasteiger charge is -2.17. The Morgan fingerprint density at radius 1 is 1.07 bits per heavy atom. The number of halogens is 1. The summed E-state index contributed by atoms with van der Waals surface area (Å²) in [7, 11) is 0. The zero-order chi connectivity index (χ0) is 20.1. The summed E-state index contributed by atoms with van der Waals surface area (Å²) in [5, 5.41) is 14.8. The fourth-order valence-electron chi connectivity index (χ4n) is 2.44. The molecule has 2 unspecified atom stereocenters. The summed E-state index contributed by atoms with van der Waals surface area (Å²) in [5.41, 5.74) is 2.98. The van der Waals surface area contributed by atoms with Gasteiger partial charge in [-0.15, -0.1) is 10.2 Å². The van der Waals surface area contributed by atoms with Gasteiger partial charge in [-0.2, -0.15) is 0 Å². The number of amides is 1. The van der Waals surface area contributed by atoms with Crippen LogP contribution in [0.2, 0.25) is 0 Å². The molecule has 3 rings (SSSR count). The Morgan fingerprint density at radius 3 is 2.43 bits per heavy atom. The highest BCUT2D eigenvalue weighted by Crippen LogP contribution is 2.30. The highest BCUT2D eigenvalue weighted by molar-refractivity contribution is 8.02. The van der Waals surface area contributed by atoms with Crippen molar-refractivity contribution < 1.29 is 9.18 Å². The van der Waals surface area contributed by atoms with Crippen molar-refractivity contribution in [1.82, 2.24) is 15.5 Å². The highest BCUT2D eigenvalue weighted by atomic mass is 32.2. The van der Waals surface area contributed by atoms with Crippen molar-refractivity contribution in [1.29, 1.82) is 0 Å². The Kier molecular flexibility index (Phi) is 6.64. The van der Waals surface area contributed by atoms with Gasteiger partial charge in [0.25, 0.3) is 0 Å². The van der Waals surface area contributed by atoms with E-state index in [2.05, 4.69) is 20.8 Å². The average Bonchev–Trinajstić information content (AvgIpc) is 3.10. The van der Waals surface area contributed by atoms with E-state index >= 15 is 0 Å². The van der Waals surface area contributed by atoms with Crippen molar-refractivity contribution in [3.8, 4) is 0 Å². The first-order chi connectivity index (χ1) is 13.4. The van der Waals surface area contributed by atoms with Crippen LogP contribution in [0.4, 0.5) is 15.2 Å². The Bertz CT molecular complexity index is 928. The molecule has 2 N–H and O–H groups in total. The third-order valence-corrected chi connectivity index (χ3v) is 6.11. The number of hydrogen-bond acceptors (Lipinski definition) is 6. The number of nitrogens with zero attached hydrogens (tertiary/aromatic N) is 2. The van der Waals surface area contributed by atoms with Gasteiger partial charge < -0.3 is 10.6 Å². The van der Waals surface area contributed by atoms with Crippen LogP contribution in [0.1, 0.15) is 31.0 Å². The Labute approximate surface area is 171 Å². The van der Waals surface area contributed by atoms with Crippen LogP contribution in [0, 0.1) is 12.7 Å². The van der Waals surface area contributed by atoms with Gasteiger partial charge in [-0.25, -0.2) is 4.39 Å². The van der Waals surface area contributed by atoms with Gasteiger partial charge in [0.2, 0.25) is 11.0 Å². The molecule has 28 heavy (non-hydrogen) atoms. The number of carbonyl (C=O) groups is 1. The van der Waals surface area contributed by atoms with E-state index in [0.717, 1.165) is 11.3 Å². The summed E-state index contributed by atoms with van der Waals surface area (Å²) in [4.78, 5) is 12.5. The second-order valence-corrected chi connectivity index (χ2v) is 8.97. The lowest BCUT2D eigenvalue weighted by Crippen LogP contribution is -2.33. The molecule has 0 saturated heterocycles. The zero-order valence-electron chi connectivity index (χ0n) is 15.8. The molecular weight excluding hydrogens is 395 g/mol. The van der Waals surface area contributed by atoms with Crippen molar-refractivity contribution in [2.45, 2.75) is 36.4 Å². The van der Waals surface area contributed by atoms with Crippen molar-refractivity contribution in [3.05, 3.63) is 65.5 Å². The number of hydrogen-bond donors (Lipinski definition) is 2. The summed E-state index contributed by atoms with van der Waals surface area (Å²) in [6.45, 7) is 5.73. The zero-order valence-corrected chi connectivity index (χ0v) is 17.4. The van der Waals surface area contributed by atoms with Crippen molar-refractivity contribution in [3.63, 3.8) is 0 Å². The molecule has 0 spiro atoms. The molecule has 3 aromatic rings. The molecule has 2 atom stereocenters. The van der Waals surface area contributed by atoms with Crippen molar-refractivity contribution in [2.75, 3.05) is 5.32 Å². The number of nitrogens with one attached hydrogen (secondary N) is 2. The molecule has 0 saturated carbocycles. The number of anilines is 2. The molecule has 5 nitrogen and oxygen atoms in total. The van der Waals surface area contributed by atoms with Gasteiger partial charge in [-0.05, 0) is 50.6 Å². The summed E-state index contributed by atoms with van der Waals surface area (Å²) in [6.07, 6.45) is 0. The van der Waals surface area contributed by atoms with Gasteiger partial charge in [0.1, 0.15) is 5.82 Å². The van der Waals surface area contributed by atoms with E-state index in [-0.39, 0.29) is 23.0 Å². The first kappa shape index (κ1) is 20.3. The molecular formula is C20H21FN4OS2. The molecule has 0 aliphatic rings. The van der Waals surface area contributed by atoms with E-state index in [1.165, 1.54) is 40.8 Å². The van der Waals surface area contributed by atoms with Crippen LogP contribution in [0.3, 0.4) is 0 Å². The van der Waals surface area contributed by atoms with Crippen LogP contribution in [-0.4, -0.2) is 21.4 Å². The topological polar surface area (TPSA) is 66.9 Å². The molecule has 146 valence electrons. The fraction of sp³-hybridized carbons (Fsp3) is 0.250. The maximum atomic E-state index is 13.0. The predicted octanol–water partition coefficient (Wildman–Crippen LogP) is 5.09. The minimum atomic E-state index is -0.330. The number of aryl methyl sites for hydroxylation is 1. The lowest BCUT2D eigenvalue weighted by atomic mass is 10.1. The third kappa shape index (κ3) is 5.53. The molecule has 2 aromatic carbocycles. The van der Waals surface area contributed by atoms with E-state index < -0.39 is 0 Å². The normalized spacial score (nSPS) is 13.0. The average molecular weight is 417 g/mol. The largest absolute Gasteiger partial charge is 0.349 e. The van der Waals surface area contributed by atoms with Crippen LogP contribution < -0.4 is 10.6 Å². The molecule has 0 aliphatic heterocycles. The summed E-state index contributed by atoms with van der Waals surface area (Å²) in [6, 6.07) is 13.9. The van der Waals surface area contributed by atoms with E-state index in [1.54, 1.807) is 12.1 Å². The van der Waals surface area contributed by atoms with Crippen LogP contribution in [0.25, 0.3) is 0 Å². The molecule has 1 heterocycles. The fourth-order valence-corrected chi connectivity index (χ4v) is 4.36. The van der Waals surface area contributed by atoms with Gasteiger partial charge in [0.05, 0.1) is 11.3 Å². The standard InChI is InChI=1S/C20H21FN4OS2/c1-12-4-10-17(11-5-12)23-19-24-25-20(28-19)27-14(3)18(26)22-13(2)15-6-8-16(21)9-7-15/h4-11,13-14H,1-3H3,(H,22,26)(H,23,24). The van der Waals surface area contributed by atoms with Gasteiger partial charge in [-0.1, -0.05) is 52.9 Å². The number of aromatic nitrogens is 2. The minimum Gasteiger partial charge on any atom is -0.349 e. The molecule has 1 aromatic heterocycles. The van der Waals surface area contributed by atoms with E-state index in [9.17, 15) is 9.18 Å². The molecule has 0 fully saturated rings. The SMILES string of the molecule is Cc1ccc(Nc2nnc(SC(C)C(=O)NC(C)c3ccc(F)cc3)s2)cc1. The predicted molar refractivity (Wildman–Crippen MR) is 113 cm³/mol. The van der Waals surface area contributed by atoms with Gasteiger partial charge in [0, 0.05) is 5.69 Å². The first-order valence-electron chi connectivity index (χ1n) is 8.80. The maximum absolute atomic E-state index is 13.0. The monoisotopic (exact) mass is 416 g/mol. The number of thioether (sulfide) groups is 1. The van der Waals surface area contributed by atoms with Crippen molar-refractivity contribution in [2.24, 2.45) is 0 Å². The second-order valence-electron chi connectivity index (χ2n) is 6.41. The second kappa shape index (κ2) is 9.16. The van der Waals surface area contributed by atoms with E-state index in [4.69, 9.17) is 0 Å². The van der Waals surface area contributed by atoms with Crippen LogP contribution in [0.15, 0.2) is 52.9 Å². The summed E-state index contributed by atoms with van der Waals surface area (Å²) < 4.78 is 13.7. The summed E-state index contributed by atoms with van der Waals surface area (Å²) >= 11 is 2.76. The van der Waals surface area contributed by atoms with Crippen LogP contribution in [0.5, 0.6) is 0 Å². The molecule has 0 radical (unpaired) electrons. The van der Waals surface area contributed by atoms with Crippen LogP contribution >= 0.6 is 23.1 Å². The van der Waals surface area contributed by atoms with Gasteiger partial charge >= 0.3 is 0 Å². The Morgan fingerprint density at radius 2 is 1.75 bits per heavy atom.